The first-order chi connectivity index (χ1) is 11.3. The summed E-state index contributed by atoms with van der Waals surface area (Å²) >= 11 is 0. The van der Waals surface area contributed by atoms with Gasteiger partial charge in [0.25, 0.3) is 0 Å². The maximum absolute atomic E-state index is 12.1. The van der Waals surface area contributed by atoms with Gasteiger partial charge in [-0.05, 0) is 18.9 Å². The minimum absolute atomic E-state index is 0. The minimum Gasteiger partial charge on any atom is -0.790 e. The molecule has 0 aliphatic heterocycles. The van der Waals surface area contributed by atoms with Crippen molar-refractivity contribution >= 4 is 13.7 Å². The van der Waals surface area contributed by atoms with Gasteiger partial charge in [0.2, 0.25) is 5.91 Å². The van der Waals surface area contributed by atoms with Gasteiger partial charge in [-0.3, -0.25) is 4.79 Å². The first-order valence-corrected chi connectivity index (χ1v) is 9.80. The normalized spacial score (nSPS) is 11.8. The summed E-state index contributed by atoms with van der Waals surface area (Å²) in [5, 5.41) is 2.75. The number of phosphoric ester groups is 1. The quantitative estimate of drug-likeness (QED) is 0.234. The van der Waals surface area contributed by atoms with E-state index >= 15 is 0 Å². The van der Waals surface area contributed by atoms with Gasteiger partial charge in [-0.2, -0.15) is 0 Å². The van der Waals surface area contributed by atoms with Crippen molar-refractivity contribution in [3.8, 4) is 0 Å². The van der Waals surface area contributed by atoms with Crippen LogP contribution in [0.15, 0.2) is 24.3 Å². The Morgan fingerprint density at radius 1 is 1.12 bits per heavy atom. The molecule has 1 unspecified atom stereocenters. The fourth-order valence-corrected chi connectivity index (χ4v) is 2.67. The number of benzene rings is 1. The third-order valence-corrected chi connectivity index (χ3v) is 4.19. The molecular formula is C17H26NNa2O5P. The third-order valence-electron chi connectivity index (χ3n) is 3.72. The van der Waals surface area contributed by atoms with Crippen molar-refractivity contribution in [2.24, 2.45) is 0 Å². The summed E-state index contributed by atoms with van der Waals surface area (Å²) in [6.45, 7) is 3.66. The van der Waals surface area contributed by atoms with E-state index in [1.165, 1.54) is 0 Å². The maximum atomic E-state index is 12.1. The number of carbonyl (C=O) groups excluding carboxylic acids is 1. The summed E-state index contributed by atoms with van der Waals surface area (Å²) in [4.78, 5) is 33.5. The van der Waals surface area contributed by atoms with E-state index < -0.39 is 20.5 Å². The second kappa shape index (κ2) is 15.7. The van der Waals surface area contributed by atoms with Gasteiger partial charge in [0.05, 0.1) is 20.5 Å². The molecule has 1 amide bonds. The van der Waals surface area contributed by atoms with Crippen LogP contribution in [0, 0.1) is 6.92 Å². The van der Waals surface area contributed by atoms with Gasteiger partial charge in [0.1, 0.15) is 0 Å². The van der Waals surface area contributed by atoms with Gasteiger partial charge in [0, 0.05) is 6.42 Å². The Morgan fingerprint density at radius 3 is 2.23 bits per heavy atom. The number of amides is 1. The van der Waals surface area contributed by atoms with E-state index in [1.807, 2.05) is 19.1 Å². The average molecular weight is 401 g/mol. The molecule has 0 fully saturated rings. The van der Waals surface area contributed by atoms with E-state index in [-0.39, 0.29) is 65.0 Å². The van der Waals surface area contributed by atoms with Crippen LogP contribution in [0.5, 0.6) is 0 Å². The molecule has 0 aliphatic rings. The molecule has 1 aromatic carbocycles. The standard InChI is InChI=1S/C17H28NO5P.2Na/c1-3-4-5-6-7-8-17(19)18-16(13-23-24(20,21)22)15-11-9-14(2)10-12-15;;/h9-12,16H,3-8,13H2,1-2H3,(H,18,19)(H2,20,21,22);;/q;2*+1/p-2. The Bertz CT molecular complexity index is 551. The Hall–Kier alpha value is 0.800. The molecule has 0 heterocycles. The van der Waals surface area contributed by atoms with E-state index in [4.69, 9.17) is 0 Å². The van der Waals surface area contributed by atoms with E-state index in [1.54, 1.807) is 12.1 Å². The molecule has 0 saturated carbocycles. The SMILES string of the molecule is CCCCCCCC(=O)NC(COP(=O)([O-])[O-])c1ccc(C)cc1.[Na+].[Na+]. The van der Waals surface area contributed by atoms with Crippen molar-refractivity contribution in [3.05, 3.63) is 35.4 Å². The molecule has 1 N–H and O–H groups in total. The van der Waals surface area contributed by atoms with Crippen LogP contribution in [0.4, 0.5) is 0 Å². The Labute approximate surface area is 200 Å². The molecule has 0 aromatic heterocycles. The Morgan fingerprint density at radius 2 is 1.69 bits per heavy atom. The summed E-state index contributed by atoms with van der Waals surface area (Å²) in [6, 6.07) is 6.61. The summed E-state index contributed by atoms with van der Waals surface area (Å²) in [7, 11) is -5.08. The van der Waals surface area contributed by atoms with Crippen molar-refractivity contribution in [1.82, 2.24) is 5.32 Å². The molecule has 9 heteroatoms. The second-order valence-corrected chi connectivity index (χ2v) is 7.09. The molecule has 0 aliphatic carbocycles. The van der Waals surface area contributed by atoms with Crippen LogP contribution in [0.25, 0.3) is 0 Å². The number of hydrogen-bond acceptors (Lipinski definition) is 5. The third kappa shape index (κ3) is 13.9. The first-order valence-electron chi connectivity index (χ1n) is 8.34. The van der Waals surface area contributed by atoms with Crippen molar-refractivity contribution in [3.63, 3.8) is 0 Å². The topological polar surface area (TPSA) is 102 Å². The number of rotatable bonds is 11. The number of nitrogens with one attached hydrogen (secondary N) is 1. The van der Waals surface area contributed by atoms with Crippen LogP contribution in [-0.2, 0) is 13.9 Å². The molecule has 136 valence electrons. The predicted molar refractivity (Wildman–Crippen MR) is 89.0 cm³/mol. The van der Waals surface area contributed by atoms with Gasteiger partial charge >= 0.3 is 59.1 Å². The van der Waals surface area contributed by atoms with E-state index in [2.05, 4.69) is 16.8 Å². The van der Waals surface area contributed by atoms with E-state index in [9.17, 15) is 19.1 Å². The average Bonchev–Trinajstić information content (AvgIpc) is 2.51. The summed E-state index contributed by atoms with van der Waals surface area (Å²) in [5.41, 5.74) is 1.74. The number of phosphoric acid groups is 1. The van der Waals surface area contributed by atoms with E-state index in [0.717, 1.165) is 37.7 Å². The summed E-state index contributed by atoms with van der Waals surface area (Å²) < 4.78 is 15.1. The number of carbonyl (C=O) groups is 1. The molecule has 0 radical (unpaired) electrons. The fourth-order valence-electron chi connectivity index (χ4n) is 2.34. The zero-order valence-corrected chi connectivity index (χ0v) is 21.2. The van der Waals surface area contributed by atoms with Crippen LogP contribution in [-0.4, -0.2) is 12.5 Å². The molecule has 1 aromatic rings. The molecule has 1 rings (SSSR count). The van der Waals surface area contributed by atoms with E-state index in [0.29, 0.717) is 12.0 Å². The molecule has 6 nitrogen and oxygen atoms in total. The fraction of sp³-hybridized carbons (Fsp3) is 0.588. The van der Waals surface area contributed by atoms with Crippen molar-refractivity contribution in [2.75, 3.05) is 6.61 Å². The summed E-state index contributed by atoms with van der Waals surface area (Å²) in [5.74, 6) is -0.174. The second-order valence-electron chi connectivity index (χ2n) is 5.94. The first kappa shape index (κ1) is 29.0. The smallest absolute Gasteiger partial charge is 0.790 e. The molecule has 1 atom stereocenters. The van der Waals surface area contributed by atoms with Gasteiger partial charge < -0.3 is 24.2 Å². The van der Waals surface area contributed by atoms with Gasteiger partial charge in [-0.15, -0.1) is 0 Å². The van der Waals surface area contributed by atoms with Crippen LogP contribution in [0.2, 0.25) is 0 Å². The van der Waals surface area contributed by atoms with Crippen LogP contribution in [0.1, 0.15) is 62.6 Å². The molecule has 0 bridgehead atoms. The van der Waals surface area contributed by atoms with Crippen LogP contribution >= 0.6 is 7.82 Å². The zero-order valence-electron chi connectivity index (χ0n) is 16.3. The van der Waals surface area contributed by atoms with Crippen molar-refractivity contribution in [1.29, 1.82) is 0 Å². The van der Waals surface area contributed by atoms with Gasteiger partial charge in [-0.1, -0.05) is 62.4 Å². The monoisotopic (exact) mass is 401 g/mol. The predicted octanol–water partition coefficient (Wildman–Crippen LogP) is -3.63. The Balaban J connectivity index is 0. The minimum atomic E-state index is -5.08. The summed E-state index contributed by atoms with van der Waals surface area (Å²) in [6.07, 6.45) is 5.55. The molecule has 26 heavy (non-hydrogen) atoms. The van der Waals surface area contributed by atoms with Crippen molar-refractivity contribution in [2.45, 2.75) is 58.4 Å². The van der Waals surface area contributed by atoms with Crippen LogP contribution in [0.3, 0.4) is 0 Å². The number of unbranched alkanes of at least 4 members (excludes halogenated alkanes) is 4. The molecule has 0 spiro atoms. The van der Waals surface area contributed by atoms with Gasteiger partial charge in [0.15, 0.2) is 0 Å². The van der Waals surface area contributed by atoms with Crippen molar-refractivity contribution < 1.29 is 82.8 Å². The Kier molecular flexibility index (Phi) is 17.5. The number of aryl methyl sites for hydroxylation is 1. The van der Waals surface area contributed by atoms with Crippen LogP contribution < -0.4 is 74.2 Å². The largest absolute Gasteiger partial charge is 1.00 e. The number of hydrogen-bond donors (Lipinski definition) is 1. The van der Waals surface area contributed by atoms with Gasteiger partial charge in [-0.25, -0.2) is 0 Å². The molecular weight excluding hydrogens is 375 g/mol. The maximum Gasteiger partial charge on any atom is 1.00 e. The molecule has 0 saturated heterocycles. The zero-order chi connectivity index (χ0) is 18.0.